The second-order valence-corrected chi connectivity index (χ2v) is 6.33. The number of hydrogen-bond donors (Lipinski definition) is 0. The summed E-state index contributed by atoms with van der Waals surface area (Å²) in [5, 5.41) is 0. The Morgan fingerprint density at radius 3 is 2.70 bits per heavy atom. The number of benzene rings is 2. The molecule has 0 saturated heterocycles. The third kappa shape index (κ3) is 3.15. The summed E-state index contributed by atoms with van der Waals surface area (Å²) in [6.07, 6.45) is 0.656. The van der Waals surface area contributed by atoms with Crippen LogP contribution in [0.15, 0.2) is 46.9 Å². The Hall–Kier alpha value is -2.14. The van der Waals surface area contributed by atoms with Crippen LogP contribution in [0.4, 0.5) is 5.69 Å². The van der Waals surface area contributed by atoms with Crippen molar-refractivity contribution >= 4 is 33.3 Å². The van der Waals surface area contributed by atoms with Crippen LogP contribution in [-0.4, -0.2) is 24.8 Å². The highest BCUT2D eigenvalue weighted by atomic mass is 79.9. The Bertz CT molecular complexity index is 773. The molecule has 1 heterocycles. The lowest BCUT2D eigenvalue weighted by Crippen LogP contribution is -2.31. The maximum absolute atomic E-state index is 12.1. The highest BCUT2D eigenvalue weighted by Crippen LogP contribution is 2.31. The number of amides is 1. The Kier molecular flexibility index (Phi) is 4.48. The summed E-state index contributed by atoms with van der Waals surface area (Å²) < 4.78 is 6.53. The fraction of sp³-hybridized carbons (Fsp3) is 0.222. The number of anilines is 1. The average Bonchev–Trinajstić information content (AvgIpc) is 2.77. The van der Waals surface area contributed by atoms with Crippen molar-refractivity contribution in [1.82, 2.24) is 0 Å². The molecule has 5 heteroatoms. The Labute approximate surface area is 143 Å². The molecule has 0 aliphatic carbocycles. The molecule has 3 rings (SSSR count). The second kappa shape index (κ2) is 6.54. The lowest BCUT2D eigenvalue weighted by atomic mass is 10.1. The van der Waals surface area contributed by atoms with Crippen LogP contribution in [0.5, 0.6) is 5.75 Å². The molecule has 2 aromatic carbocycles. The van der Waals surface area contributed by atoms with E-state index in [-0.39, 0.29) is 0 Å². The first kappa shape index (κ1) is 15.7. The molecule has 0 radical (unpaired) electrons. The van der Waals surface area contributed by atoms with Gasteiger partial charge in [-0.2, -0.15) is 0 Å². The molecule has 0 spiro atoms. The molecule has 0 saturated carbocycles. The monoisotopic (exact) mass is 373 g/mol. The van der Waals surface area contributed by atoms with E-state index in [4.69, 9.17) is 4.74 Å². The Morgan fingerprint density at radius 1 is 1.13 bits per heavy atom. The van der Waals surface area contributed by atoms with Crippen molar-refractivity contribution < 1.29 is 14.3 Å². The van der Waals surface area contributed by atoms with Crippen LogP contribution < -0.4 is 9.64 Å². The molecular formula is C18H16BrNO3. The number of ketones is 1. The minimum Gasteiger partial charge on any atom is -0.493 e. The number of Topliss-reactive ketones (excluding diaryl/α,β-unsaturated/α-hetero) is 1. The van der Waals surface area contributed by atoms with E-state index < -0.39 is 11.7 Å². The minimum atomic E-state index is -0.464. The van der Waals surface area contributed by atoms with Crippen molar-refractivity contribution in [2.45, 2.75) is 13.3 Å². The molecule has 0 N–H and O–H groups in total. The van der Waals surface area contributed by atoms with Crippen LogP contribution in [-0.2, 0) is 4.79 Å². The van der Waals surface area contributed by atoms with E-state index in [0.29, 0.717) is 30.8 Å². The largest absolute Gasteiger partial charge is 0.493 e. The van der Waals surface area contributed by atoms with Gasteiger partial charge in [-0.3, -0.25) is 9.59 Å². The number of halogens is 1. The molecule has 0 aromatic heterocycles. The molecule has 1 aliphatic rings. The average molecular weight is 374 g/mol. The smallest absolute Gasteiger partial charge is 0.299 e. The zero-order chi connectivity index (χ0) is 16.4. The number of ether oxygens (including phenoxy) is 1. The first-order valence-corrected chi connectivity index (χ1v) is 8.21. The van der Waals surface area contributed by atoms with Gasteiger partial charge in [0.1, 0.15) is 5.75 Å². The number of para-hydroxylation sites is 1. The summed E-state index contributed by atoms with van der Waals surface area (Å²) in [6.45, 7) is 2.95. The lowest BCUT2D eigenvalue weighted by molar-refractivity contribution is -0.114. The maximum atomic E-state index is 12.1. The number of hydrogen-bond acceptors (Lipinski definition) is 3. The summed E-state index contributed by atoms with van der Waals surface area (Å²) in [4.78, 5) is 25.7. The first-order valence-electron chi connectivity index (χ1n) is 7.42. The van der Waals surface area contributed by atoms with Crippen molar-refractivity contribution in [3.8, 4) is 5.75 Å². The van der Waals surface area contributed by atoms with E-state index in [2.05, 4.69) is 15.9 Å². The van der Waals surface area contributed by atoms with Gasteiger partial charge in [-0.15, -0.1) is 0 Å². The molecule has 0 bridgehead atoms. The number of fused-ring (bicyclic) bond motifs is 1. The predicted molar refractivity (Wildman–Crippen MR) is 92.1 cm³/mol. The molecule has 4 nitrogen and oxygen atoms in total. The first-order chi connectivity index (χ1) is 11.1. The van der Waals surface area contributed by atoms with Crippen LogP contribution in [0.25, 0.3) is 0 Å². The minimum absolute atomic E-state index is 0.443. The van der Waals surface area contributed by atoms with Gasteiger partial charge >= 0.3 is 0 Å². The van der Waals surface area contributed by atoms with Gasteiger partial charge in [-0.05, 0) is 43.2 Å². The summed E-state index contributed by atoms with van der Waals surface area (Å²) >= 11 is 3.33. The summed E-state index contributed by atoms with van der Waals surface area (Å²) in [6, 6.07) is 13.1. The Balaban J connectivity index is 1.62. The van der Waals surface area contributed by atoms with Gasteiger partial charge < -0.3 is 9.64 Å². The second-order valence-electron chi connectivity index (χ2n) is 5.41. The van der Waals surface area contributed by atoms with Crippen LogP contribution in [0.1, 0.15) is 22.3 Å². The molecule has 0 atom stereocenters. The fourth-order valence-corrected chi connectivity index (χ4v) is 2.98. The number of aryl methyl sites for hydroxylation is 1. The van der Waals surface area contributed by atoms with Crippen molar-refractivity contribution in [2.24, 2.45) is 0 Å². The molecule has 0 unspecified atom stereocenters. The summed E-state index contributed by atoms with van der Waals surface area (Å²) in [7, 11) is 0. The van der Waals surface area contributed by atoms with E-state index >= 15 is 0 Å². The lowest BCUT2D eigenvalue weighted by Gasteiger charge is -2.17. The third-order valence-corrected chi connectivity index (χ3v) is 4.30. The highest BCUT2D eigenvalue weighted by molar-refractivity contribution is 9.10. The standard InChI is InChI=1S/C18H16BrNO3/c1-12-5-2-3-6-16(12)23-10-4-9-20-15-8-7-13(19)11-14(15)17(21)18(20)22/h2-3,5-8,11H,4,9-10H2,1H3. The summed E-state index contributed by atoms with van der Waals surface area (Å²) in [5.74, 6) is -0.0595. The normalized spacial score (nSPS) is 13.4. The predicted octanol–water partition coefficient (Wildman–Crippen LogP) is 3.76. The number of carbonyl (C=O) groups is 2. The van der Waals surface area contributed by atoms with Gasteiger partial charge in [0.25, 0.3) is 11.7 Å². The number of carbonyl (C=O) groups excluding carboxylic acids is 2. The van der Waals surface area contributed by atoms with Crippen LogP contribution in [0, 0.1) is 6.92 Å². The highest BCUT2D eigenvalue weighted by Gasteiger charge is 2.35. The maximum Gasteiger partial charge on any atom is 0.299 e. The Morgan fingerprint density at radius 2 is 1.91 bits per heavy atom. The molecule has 1 aliphatic heterocycles. The third-order valence-electron chi connectivity index (χ3n) is 3.81. The van der Waals surface area contributed by atoms with E-state index in [0.717, 1.165) is 15.8 Å². The SMILES string of the molecule is Cc1ccccc1OCCCN1C(=O)C(=O)c2cc(Br)ccc21. The number of nitrogens with zero attached hydrogens (tertiary/aromatic N) is 1. The van der Waals surface area contributed by atoms with Crippen LogP contribution in [0.3, 0.4) is 0 Å². The van der Waals surface area contributed by atoms with E-state index in [1.54, 1.807) is 12.1 Å². The van der Waals surface area contributed by atoms with Crippen molar-refractivity contribution in [1.29, 1.82) is 0 Å². The topological polar surface area (TPSA) is 46.6 Å². The van der Waals surface area contributed by atoms with Gasteiger partial charge in [-0.25, -0.2) is 0 Å². The van der Waals surface area contributed by atoms with E-state index in [1.807, 2.05) is 37.3 Å². The fourth-order valence-electron chi connectivity index (χ4n) is 2.62. The van der Waals surface area contributed by atoms with Crippen LogP contribution in [0.2, 0.25) is 0 Å². The van der Waals surface area contributed by atoms with Crippen molar-refractivity contribution in [3.63, 3.8) is 0 Å². The van der Waals surface area contributed by atoms with E-state index in [1.165, 1.54) is 4.90 Å². The van der Waals surface area contributed by atoms with Gasteiger partial charge in [0.15, 0.2) is 0 Å². The molecule has 118 valence electrons. The van der Waals surface area contributed by atoms with Crippen molar-refractivity contribution in [2.75, 3.05) is 18.1 Å². The van der Waals surface area contributed by atoms with E-state index in [9.17, 15) is 9.59 Å². The van der Waals surface area contributed by atoms with Gasteiger partial charge in [-0.1, -0.05) is 34.1 Å². The summed E-state index contributed by atoms with van der Waals surface area (Å²) in [5.41, 5.74) is 2.22. The zero-order valence-electron chi connectivity index (χ0n) is 12.7. The van der Waals surface area contributed by atoms with Gasteiger partial charge in [0.2, 0.25) is 0 Å². The van der Waals surface area contributed by atoms with Crippen LogP contribution >= 0.6 is 15.9 Å². The van der Waals surface area contributed by atoms with Crippen molar-refractivity contribution in [3.05, 3.63) is 58.1 Å². The van der Waals surface area contributed by atoms with Gasteiger partial charge in [0, 0.05) is 11.0 Å². The molecule has 2 aromatic rings. The molecule has 0 fully saturated rings. The quantitative estimate of drug-likeness (QED) is 0.592. The molecule has 23 heavy (non-hydrogen) atoms. The van der Waals surface area contributed by atoms with Gasteiger partial charge in [0.05, 0.1) is 17.9 Å². The zero-order valence-corrected chi connectivity index (χ0v) is 14.3. The number of rotatable bonds is 5. The molecule has 1 amide bonds. The molecular weight excluding hydrogens is 358 g/mol.